The van der Waals surface area contributed by atoms with E-state index in [1.165, 1.54) is 0 Å². The van der Waals surface area contributed by atoms with E-state index in [2.05, 4.69) is 10.3 Å². The fourth-order valence-corrected chi connectivity index (χ4v) is 1.69. The summed E-state index contributed by atoms with van der Waals surface area (Å²) in [5.74, 6) is 1.12. The highest BCUT2D eigenvalue weighted by Crippen LogP contribution is 2.11. The minimum absolute atomic E-state index is 0.144. The lowest BCUT2D eigenvalue weighted by Crippen LogP contribution is -2.17. The minimum atomic E-state index is -0.144. The molecular formula is C15H17N3O2. The van der Waals surface area contributed by atoms with Crippen molar-refractivity contribution >= 4 is 11.7 Å². The van der Waals surface area contributed by atoms with Gasteiger partial charge < -0.3 is 15.8 Å². The maximum atomic E-state index is 11.8. The molecule has 0 aliphatic rings. The number of rotatable bonds is 6. The first-order valence-corrected chi connectivity index (χ1v) is 6.41. The molecule has 3 N–H and O–H groups in total. The van der Waals surface area contributed by atoms with E-state index >= 15 is 0 Å². The van der Waals surface area contributed by atoms with Crippen LogP contribution in [0, 0.1) is 0 Å². The van der Waals surface area contributed by atoms with Crippen LogP contribution in [0.4, 0.5) is 5.82 Å². The summed E-state index contributed by atoms with van der Waals surface area (Å²) in [6.45, 7) is 0.657. The zero-order valence-corrected chi connectivity index (χ0v) is 11.1. The molecule has 2 aromatic rings. The number of carbonyl (C=O) groups is 1. The van der Waals surface area contributed by atoms with Crippen LogP contribution >= 0.6 is 0 Å². The van der Waals surface area contributed by atoms with Gasteiger partial charge in [-0.2, -0.15) is 0 Å². The molecule has 0 unspecified atom stereocenters. The highest BCUT2D eigenvalue weighted by atomic mass is 16.5. The van der Waals surface area contributed by atoms with Gasteiger partial charge in [0, 0.05) is 18.3 Å². The third-order valence-electron chi connectivity index (χ3n) is 2.71. The number of aromatic nitrogens is 1. The van der Waals surface area contributed by atoms with Crippen LogP contribution in [0.25, 0.3) is 0 Å². The number of carbonyl (C=O) groups excluding carboxylic acids is 1. The molecule has 2 rings (SSSR count). The van der Waals surface area contributed by atoms with Gasteiger partial charge in [0.2, 0.25) is 5.91 Å². The van der Waals surface area contributed by atoms with Crippen molar-refractivity contribution in [3.8, 4) is 5.75 Å². The number of anilines is 1. The molecule has 20 heavy (non-hydrogen) atoms. The molecule has 1 heterocycles. The third kappa shape index (κ3) is 4.07. The van der Waals surface area contributed by atoms with Crippen LogP contribution in [0.3, 0.4) is 0 Å². The summed E-state index contributed by atoms with van der Waals surface area (Å²) in [6.07, 6.45) is 1.88. The first-order chi connectivity index (χ1) is 9.79. The Morgan fingerprint density at radius 1 is 1.20 bits per heavy atom. The smallest absolute Gasteiger partial charge is 0.228 e. The van der Waals surface area contributed by atoms with E-state index in [4.69, 9.17) is 10.5 Å². The molecule has 1 aromatic heterocycles. The summed E-state index contributed by atoms with van der Waals surface area (Å²) in [6, 6.07) is 13.0. The molecule has 5 heteroatoms. The number of para-hydroxylation sites is 1. The Morgan fingerprint density at radius 3 is 2.75 bits per heavy atom. The molecule has 0 bridgehead atoms. The Morgan fingerprint density at radius 2 is 2.00 bits per heavy atom. The van der Waals surface area contributed by atoms with Crippen molar-refractivity contribution in [2.45, 2.75) is 13.0 Å². The average molecular weight is 271 g/mol. The number of amides is 1. The number of nitrogens with one attached hydrogen (secondary N) is 1. The second kappa shape index (κ2) is 7.25. The van der Waals surface area contributed by atoms with E-state index in [-0.39, 0.29) is 12.3 Å². The van der Waals surface area contributed by atoms with Crippen LogP contribution in [0.1, 0.15) is 12.0 Å². The molecule has 0 saturated carbocycles. The van der Waals surface area contributed by atoms with Gasteiger partial charge in [-0.3, -0.25) is 4.79 Å². The summed E-state index contributed by atoms with van der Waals surface area (Å²) in [7, 11) is 0. The van der Waals surface area contributed by atoms with Crippen molar-refractivity contribution in [3.63, 3.8) is 0 Å². The Kier molecular flexibility index (Phi) is 5.08. The van der Waals surface area contributed by atoms with Gasteiger partial charge in [0.15, 0.2) is 0 Å². The zero-order chi connectivity index (χ0) is 14.2. The van der Waals surface area contributed by atoms with Crippen molar-refractivity contribution in [2.75, 3.05) is 11.9 Å². The van der Waals surface area contributed by atoms with Crippen molar-refractivity contribution < 1.29 is 9.53 Å². The molecule has 0 spiro atoms. The summed E-state index contributed by atoms with van der Waals surface area (Å²) in [5, 5.41) is 2.74. The molecule has 5 nitrogen and oxygen atoms in total. The van der Waals surface area contributed by atoms with Crippen LogP contribution in [0.15, 0.2) is 48.7 Å². The van der Waals surface area contributed by atoms with E-state index < -0.39 is 0 Å². The van der Waals surface area contributed by atoms with Crippen molar-refractivity contribution in [2.24, 2.45) is 5.73 Å². The molecule has 0 aliphatic carbocycles. The van der Waals surface area contributed by atoms with Gasteiger partial charge in [0.25, 0.3) is 0 Å². The molecule has 104 valence electrons. The fraction of sp³-hybridized carbons (Fsp3) is 0.200. The van der Waals surface area contributed by atoms with E-state index in [0.29, 0.717) is 19.0 Å². The topological polar surface area (TPSA) is 77.2 Å². The van der Waals surface area contributed by atoms with Gasteiger partial charge in [0.1, 0.15) is 11.6 Å². The van der Waals surface area contributed by atoms with E-state index in [1.807, 2.05) is 36.4 Å². The maximum absolute atomic E-state index is 11.8. The van der Waals surface area contributed by atoms with Crippen LogP contribution in [-0.4, -0.2) is 17.5 Å². The fourth-order valence-electron chi connectivity index (χ4n) is 1.69. The number of nitrogens with zero attached hydrogens (tertiary/aromatic N) is 1. The standard InChI is InChI=1S/C15H17N3O2/c16-11-12-5-4-9-17-15(12)18-14(19)8-10-20-13-6-2-1-3-7-13/h1-7,9H,8,10-11,16H2,(H,17,18,19). The SMILES string of the molecule is NCc1cccnc1NC(=O)CCOc1ccccc1. The Hall–Kier alpha value is -2.40. The van der Waals surface area contributed by atoms with Crippen molar-refractivity contribution in [1.82, 2.24) is 4.98 Å². The Balaban J connectivity index is 1.81. The molecule has 1 amide bonds. The lowest BCUT2D eigenvalue weighted by Gasteiger charge is -2.09. The number of nitrogens with two attached hydrogens (primary N) is 1. The molecule has 0 fully saturated rings. The van der Waals surface area contributed by atoms with Crippen LogP contribution < -0.4 is 15.8 Å². The summed E-state index contributed by atoms with van der Waals surface area (Å²) < 4.78 is 5.46. The number of hydrogen-bond acceptors (Lipinski definition) is 4. The lowest BCUT2D eigenvalue weighted by atomic mass is 10.2. The molecule has 0 radical (unpaired) electrons. The molecule has 0 aliphatic heterocycles. The lowest BCUT2D eigenvalue weighted by molar-refractivity contribution is -0.116. The largest absolute Gasteiger partial charge is 0.493 e. The molecular weight excluding hydrogens is 254 g/mol. The Labute approximate surface area is 117 Å². The summed E-state index contributed by atoms with van der Waals surface area (Å²) in [4.78, 5) is 15.9. The molecule has 0 saturated heterocycles. The van der Waals surface area contributed by atoms with Gasteiger partial charge >= 0.3 is 0 Å². The number of benzene rings is 1. The van der Waals surface area contributed by atoms with Gasteiger partial charge in [-0.05, 0) is 18.2 Å². The predicted octanol–water partition coefficient (Wildman–Crippen LogP) is 1.95. The zero-order valence-electron chi connectivity index (χ0n) is 11.1. The average Bonchev–Trinajstić information content (AvgIpc) is 2.49. The summed E-state index contributed by atoms with van der Waals surface area (Å²) in [5.41, 5.74) is 6.40. The third-order valence-corrected chi connectivity index (χ3v) is 2.71. The van der Waals surface area contributed by atoms with Crippen LogP contribution in [-0.2, 0) is 11.3 Å². The quantitative estimate of drug-likeness (QED) is 0.841. The van der Waals surface area contributed by atoms with Gasteiger partial charge in [-0.25, -0.2) is 4.98 Å². The highest BCUT2D eigenvalue weighted by Gasteiger charge is 2.07. The summed E-state index contributed by atoms with van der Waals surface area (Å²) >= 11 is 0. The first-order valence-electron chi connectivity index (χ1n) is 6.41. The Bertz CT molecular complexity index is 558. The normalized spacial score (nSPS) is 10.1. The van der Waals surface area contributed by atoms with Crippen molar-refractivity contribution in [3.05, 3.63) is 54.2 Å². The van der Waals surface area contributed by atoms with E-state index in [9.17, 15) is 4.79 Å². The first kappa shape index (κ1) is 14.0. The maximum Gasteiger partial charge on any atom is 0.228 e. The predicted molar refractivity (Wildman–Crippen MR) is 77.3 cm³/mol. The molecule has 1 aromatic carbocycles. The van der Waals surface area contributed by atoms with Gasteiger partial charge in [-0.15, -0.1) is 0 Å². The minimum Gasteiger partial charge on any atom is -0.493 e. The van der Waals surface area contributed by atoms with Crippen molar-refractivity contribution in [1.29, 1.82) is 0 Å². The molecule has 0 atom stereocenters. The monoisotopic (exact) mass is 271 g/mol. The number of hydrogen-bond donors (Lipinski definition) is 2. The number of ether oxygens (including phenoxy) is 1. The van der Waals surface area contributed by atoms with Gasteiger partial charge in [0.05, 0.1) is 13.0 Å². The van der Waals surface area contributed by atoms with Crippen LogP contribution in [0.2, 0.25) is 0 Å². The number of pyridine rings is 1. The highest BCUT2D eigenvalue weighted by molar-refractivity contribution is 5.90. The van der Waals surface area contributed by atoms with Gasteiger partial charge in [-0.1, -0.05) is 24.3 Å². The second-order valence-corrected chi connectivity index (χ2v) is 4.17. The second-order valence-electron chi connectivity index (χ2n) is 4.17. The van der Waals surface area contributed by atoms with Crippen LogP contribution in [0.5, 0.6) is 5.75 Å². The van der Waals surface area contributed by atoms with E-state index in [0.717, 1.165) is 11.3 Å². The van der Waals surface area contributed by atoms with E-state index in [1.54, 1.807) is 12.3 Å².